The van der Waals surface area contributed by atoms with Gasteiger partial charge in [-0.3, -0.25) is 4.79 Å². The summed E-state index contributed by atoms with van der Waals surface area (Å²) >= 11 is 0. The Morgan fingerprint density at radius 3 is 2.75 bits per heavy atom. The standard InChI is InChI=1S/C16H26F2N2O4/c1-9(2)19-7-12-14(22)15-11(24-12)5-10(23-15)6-13(21)20-4-3-16(17,18)8-20/h9-12,14-15,19,22H,3-8H2,1-2H3/t10-,11+,12+,14+,15-/m0/s1. The van der Waals surface area contributed by atoms with Gasteiger partial charge in [0.1, 0.15) is 12.2 Å². The van der Waals surface area contributed by atoms with Crippen LogP contribution in [0.4, 0.5) is 8.78 Å². The maximum atomic E-state index is 13.2. The van der Waals surface area contributed by atoms with E-state index in [0.29, 0.717) is 19.0 Å². The Kier molecular flexibility index (Phi) is 5.11. The normalized spacial score (nSPS) is 38.1. The number of fused-ring (bicyclic) bond motifs is 1. The summed E-state index contributed by atoms with van der Waals surface area (Å²) in [6.45, 7) is 4.16. The molecule has 3 fully saturated rings. The minimum absolute atomic E-state index is 0.0636. The predicted molar refractivity (Wildman–Crippen MR) is 81.8 cm³/mol. The first-order valence-corrected chi connectivity index (χ1v) is 8.63. The monoisotopic (exact) mass is 348 g/mol. The van der Waals surface area contributed by atoms with E-state index >= 15 is 0 Å². The number of halogens is 2. The fourth-order valence-electron chi connectivity index (χ4n) is 3.63. The first-order valence-electron chi connectivity index (χ1n) is 8.63. The SMILES string of the molecule is CC(C)NC[C@H]1O[C@@H]2C[C@@H](CC(=O)N3CCC(F)(F)C3)O[C@@H]2[C@@H]1O. The maximum absolute atomic E-state index is 13.2. The Hall–Kier alpha value is -0.830. The fraction of sp³-hybridized carbons (Fsp3) is 0.938. The van der Waals surface area contributed by atoms with Gasteiger partial charge in [-0.05, 0) is 0 Å². The van der Waals surface area contributed by atoms with E-state index in [9.17, 15) is 18.7 Å². The van der Waals surface area contributed by atoms with Crippen molar-refractivity contribution in [2.24, 2.45) is 0 Å². The second kappa shape index (κ2) is 6.82. The Morgan fingerprint density at radius 2 is 2.17 bits per heavy atom. The van der Waals surface area contributed by atoms with Crippen LogP contribution in [0.1, 0.15) is 33.1 Å². The summed E-state index contributed by atoms with van der Waals surface area (Å²) in [5, 5.41) is 13.5. The molecule has 3 rings (SSSR count). The lowest BCUT2D eigenvalue weighted by Crippen LogP contribution is -2.41. The number of carbonyl (C=O) groups excluding carboxylic acids is 1. The van der Waals surface area contributed by atoms with Crippen molar-refractivity contribution in [3.8, 4) is 0 Å². The van der Waals surface area contributed by atoms with Gasteiger partial charge in [0.15, 0.2) is 0 Å². The number of nitrogens with zero attached hydrogens (tertiary/aromatic N) is 1. The number of rotatable bonds is 5. The van der Waals surface area contributed by atoms with E-state index in [-0.39, 0.29) is 43.6 Å². The molecule has 0 radical (unpaired) electrons. The molecular formula is C16H26F2N2O4. The largest absolute Gasteiger partial charge is 0.388 e. The van der Waals surface area contributed by atoms with E-state index in [2.05, 4.69) is 5.32 Å². The van der Waals surface area contributed by atoms with Crippen molar-refractivity contribution in [1.82, 2.24) is 10.2 Å². The van der Waals surface area contributed by atoms with Crippen molar-refractivity contribution in [2.45, 2.75) is 75.6 Å². The van der Waals surface area contributed by atoms with Crippen LogP contribution in [0.15, 0.2) is 0 Å². The molecule has 6 nitrogen and oxygen atoms in total. The number of aliphatic hydroxyl groups excluding tert-OH is 1. The smallest absolute Gasteiger partial charge is 0.267 e. The van der Waals surface area contributed by atoms with Gasteiger partial charge in [0.2, 0.25) is 5.91 Å². The number of amides is 1. The average molecular weight is 348 g/mol. The summed E-state index contributed by atoms with van der Waals surface area (Å²) < 4.78 is 38.0. The molecule has 3 heterocycles. The molecule has 0 aromatic rings. The molecule has 0 saturated carbocycles. The maximum Gasteiger partial charge on any atom is 0.267 e. The third-order valence-corrected chi connectivity index (χ3v) is 4.93. The van der Waals surface area contributed by atoms with E-state index in [1.54, 1.807) is 0 Å². The number of nitrogens with one attached hydrogen (secondary N) is 1. The molecule has 0 unspecified atom stereocenters. The zero-order valence-corrected chi connectivity index (χ0v) is 14.1. The van der Waals surface area contributed by atoms with Gasteiger partial charge in [0.25, 0.3) is 5.92 Å². The van der Waals surface area contributed by atoms with Crippen LogP contribution in [-0.4, -0.2) is 78.0 Å². The lowest BCUT2D eigenvalue weighted by Gasteiger charge is -2.22. The highest BCUT2D eigenvalue weighted by Gasteiger charge is 2.51. The van der Waals surface area contributed by atoms with Gasteiger partial charge in [0, 0.05) is 32.0 Å². The summed E-state index contributed by atoms with van der Waals surface area (Å²) in [4.78, 5) is 13.3. The topological polar surface area (TPSA) is 71.0 Å². The molecule has 1 amide bonds. The Bertz CT molecular complexity index is 477. The van der Waals surface area contributed by atoms with Gasteiger partial charge in [0.05, 0.1) is 31.3 Å². The quantitative estimate of drug-likeness (QED) is 0.758. The van der Waals surface area contributed by atoms with Crippen molar-refractivity contribution in [2.75, 3.05) is 19.6 Å². The van der Waals surface area contributed by atoms with Crippen molar-refractivity contribution in [1.29, 1.82) is 0 Å². The summed E-state index contributed by atoms with van der Waals surface area (Å²) in [6.07, 6.45) is -1.83. The highest BCUT2D eigenvalue weighted by atomic mass is 19.3. The van der Waals surface area contributed by atoms with Gasteiger partial charge in [-0.25, -0.2) is 8.78 Å². The van der Waals surface area contributed by atoms with Crippen LogP contribution in [-0.2, 0) is 14.3 Å². The van der Waals surface area contributed by atoms with Gasteiger partial charge in [-0.2, -0.15) is 0 Å². The van der Waals surface area contributed by atoms with Crippen molar-refractivity contribution in [3.63, 3.8) is 0 Å². The van der Waals surface area contributed by atoms with Crippen molar-refractivity contribution >= 4 is 5.91 Å². The van der Waals surface area contributed by atoms with Gasteiger partial charge in [-0.1, -0.05) is 13.8 Å². The molecular weight excluding hydrogens is 322 g/mol. The number of aliphatic hydroxyl groups is 1. The second-order valence-corrected chi connectivity index (χ2v) is 7.35. The lowest BCUT2D eigenvalue weighted by atomic mass is 10.1. The number of alkyl halides is 2. The number of hydrogen-bond acceptors (Lipinski definition) is 5. The first-order chi connectivity index (χ1) is 11.2. The fourth-order valence-corrected chi connectivity index (χ4v) is 3.63. The van der Waals surface area contributed by atoms with Gasteiger partial charge < -0.3 is 24.8 Å². The molecule has 0 spiro atoms. The molecule has 0 aliphatic carbocycles. The van der Waals surface area contributed by atoms with Crippen molar-refractivity contribution < 1.29 is 28.2 Å². The number of hydrogen-bond donors (Lipinski definition) is 2. The number of carbonyl (C=O) groups is 1. The third kappa shape index (κ3) is 3.87. The molecule has 24 heavy (non-hydrogen) atoms. The number of ether oxygens (including phenoxy) is 2. The zero-order valence-electron chi connectivity index (χ0n) is 14.1. The molecule has 0 bridgehead atoms. The Morgan fingerprint density at radius 1 is 1.42 bits per heavy atom. The molecule has 3 aliphatic heterocycles. The first kappa shape index (κ1) is 18.0. The van der Waals surface area contributed by atoms with Crippen LogP contribution in [0.5, 0.6) is 0 Å². The van der Waals surface area contributed by atoms with E-state index in [0.717, 1.165) is 0 Å². The molecule has 2 N–H and O–H groups in total. The van der Waals surface area contributed by atoms with E-state index in [4.69, 9.17) is 9.47 Å². The second-order valence-electron chi connectivity index (χ2n) is 7.35. The van der Waals surface area contributed by atoms with Crippen molar-refractivity contribution in [3.05, 3.63) is 0 Å². The highest BCUT2D eigenvalue weighted by Crippen LogP contribution is 2.36. The Labute approximate surface area is 140 Å². The molecule has 3 aliphatic rings. The van der Waals surface area contributed by atoms with Gasteiger partial charge >= 0.3 is 0 Å². The third-order valence-electron chi connectivity index (χ3n) is 4.93. The summed E-state index contributed by atoms with van der Waals surface area (Å²) in [7, 11) is 0. The van der Waals surface area contributed by atoms with Gasteiger partial charge in [-0.15, -0.1) is 0 Å². The molecule has 138 valence electrons. The summed E-state index contributed by atoms with van der Waals surface area (Å²) in [5.41, 5.74) is 0. The van der Waals surface area contributed by atoms with Crippen LogP contribution in [0.2, 0.25) is 0 Å². The van der Waals surface area contributed by atoms with Crippen LogP contribution in [0.3, 0.4) is 0 Å². The number of likely N-dealkylation sites (tertiary alicyclic amines) is 1. The summed E-state index contributed by atoms with van der Waals surface area (Å²) in [5.74, 6) is -3.09. The summed E-state index contributed by atoms with van der Waals surface area (Å²) in [6, 6.07) is 0.297. The predicted octanol–water partition coefficient (Wildman–Crippen LogP) is 0.528. The highest BCUT2D eigenvalue weighted by molar-refractivity contribution is 5.77. The minimum atomic E-state index is -2.78. The van der Waals surface area contributed by atoms with Crippen LogP contribution in [0, 0.1) is 0 Å². The molecule has 8 heteroatoms. The van der Waals surface area contributed by atoms with E-state index < -0.39 is 24.7 Å². The average Bonchev–Trinajstić information content (AvgIpc) is 3.12. The van der Waals surface area contributed by atoms with E-state index in [1.165, 1.54) is 4.90 Å². The Balaban J connectivity index is 1.47. The van der Waals surface area contributed by atoms with Crippen LogP contribution >= 0.6 is 0 Å². The molecule has 0 aromatic heterocycles. The molecule has 5 atom stereocenters. The minimum Gasteiger partial charge on any atom is -0.388 e. The van der Waals surface area contributed by atoms with Crippen LogP contribution < -0.4 is 5.32 Å². The molecule has 0 aromatic carbocycles. The van der Waals surface area contributed by atoms with E-state index in [1.807, 2.05) is 13.8 Å². The van der Waals surface area contributed by atoms with Crippen LogP contribution in [0.25, 0.3) is 0 Å². The molecule has 3 saturated heterocycles. The lowest BCUT2D eigenvalue weighted by molar-refractivity contribution is -0.135. The zero-order chi connectivity index (χ0) is 17.5.